The Kier molecular flexibility index (Phi) is 8.46. The molecule has 8 nitrogen and oxygen atoms in total. The first-order valence-corrected chi connectivity index (χ1v) is 10.7. The van der Waals surface area contributed by atoms with Crippen LogP contribution in [0.1, 0.15) is 11.1 Å². The summed E-state index contributed by atoms with van der Waals surface area (Å²) < 4.78 is 55.1. The van der Waals surface area contributed by atoms with E-state index in [0.717, 1.165) is 5.56 Å². The lowest BCUT2D eigenvalue weighted by Gasteiger charge is -2.18. The van der Waals surface area contributed by atoms with E-state index in [2.05, 4.69) is 14.8 Å². The molecule has 0 fully saturated rings. The monoisotopic (exact) mass is 455 g/mol. The predicted octanol–water partition coefficient (Wildman–Crippen LogP) is 1.65. The molecule has 0 aliphatic carbocycles. The number of carbonyl (C=O) groups excluding carboxylic acids is 2. The van der Waals surface area contributed by atoms with E-state index in [9.17, 15) is 26.8 Å². The third kappa shape index (κ3) is 7.95. The molecular weight excluding hydrogens is 432 g/mol. The first-order chi connectivity index (χ1) is 14.6. The highest BCUT2D eigenvalue weighted by molar-refractivity contribution is 7.89. The van der Waals surface area contributed by atoms with Crippen molar-refractivity contribution in [1.29, 1.82) is 0 Å². The summed E-state index contributed by atoms with van der Waals surface area (Å²) in [6.07, 6.45) is 0. The van der Waals surface area contributed by atoms with E-state index in [1.165, 1.54) is 36.2 Å². The van der Waals surface area contributed by atoms with Crippen LogP contribution in [0.4, 0.5) is 8.78 Å². The van der Waals surface area contributed by atoms with Crippen LogP contribution in [0, 0.1) is 6.92 Å². The van der Waals surface area contributed by atoms with Crippen LogP contribution in [-0.2, 0) is 26.2 Å². The van der Waals surface area contributed by atoms with Crippen molar-refractivity contribution in [2.75, 3.05) is 20.1 Å². The van der Waals surface area contributed by atoms with Crippen molar-refractivity contribution in [3.8, 4) is 5.75 Å². The van der Waals surface area contributed by atoms with Crippen LogP contribution < -0.4 is 14.8 Å². The lowest BCUT2D eigenvalue weighted by atomic mass is 10.2. The van der Waals surface area contributed by atoms with E-state index in [-0.39, 0.29) is 23.7 Å². The van der Waals surface area contributed by atoms with Gasteiger partial charge in [0, 0.05) is 13.6 Å². The normalized spacial score (nSPS) is 11.3. The number of nitrogens with zero attached hydrogens (tertiary/aromatic N) is 1. The van der Waals surface area contributed by atoms with E-state index in [1.807, 2.05) is 6.92 Å². The van der Waals surface area contributed by atoms with Crippen LogP contribution in [0.25, 0.3) is 0 Å². The molecule has 2 amide bonds. The predicted molar refractivity (Wildman–Crippen MR) is 109 cm³/mol. The first kappa shape index (κ1) is 24.2. The Morgan fingerprint density at radius 3 is 2.23 bits per heavy atom. The Labute approximate surface area is 179 Å². The smallest absolute Gasteiger partial charge is 0.387 e. The van der Waals surface area contributed by atoms with Gasteiger partial charge in [-0.3, -0.25) is 9.59 Å². The van der Waals surface area contributed by atoms with Crippen LogP contribution in [0.15, 0.2) is 53.4 Å². The molecule has 0 heterocycles. The number of nitrogens with one attached hydrogen (secondary N) is 2. The van der Waals surface area contributed by atoms with Crippen molar-refractivity contribution in [2.24, 2.45) is 0 Å². The van der Waals surface area contributed by atoms with Crippen LogP contribution in [0.3, 0.4) is 0 Å². The van der Waals surface area contributed by atoms with Gasteiger partial charge in [-0.2, -0.15) is 8.78 Å². The lowest BCUT2D eigenvalue weighted by molar-refractivity contribution is -0.132. The Morgan fingerprint density at radius 2 is 1.65 bits per heavy atom. The number of likely N-dealkylation sites (N-methyl/N-ethyl adjacent to an activating group) is 1. The van der Waals surface area contributed by atoms with Gasteiger partial charge in [0.15, 0.2) is 0 Å². The summed E-state index contributed by atoms with van der Waals surface area (Å²) in [7, 11) is -2.33. The van der Waals surface area contributed by atoms with Crippen molar-refractivity contribution in [1.82, 2.24) is 14.9 Å². The molecule has 2 N–H and O–H groups in total. The van der Waals surface area contributed by atoms with Gasteiger partial charge < -0.3 is 15.0 Å². The van der Waals surface area contributed by atoms with E-state index < -0.39 is 35.0 Å². The second kappa shape index (κ2) is 10.8. The Bertz CT molecular complexity index is 996. The molecule has 11 heteroatoms. The lowest BCUT2D eigenvalue weighted by Crippen LogP contribution is -2.42. The molecule has 0 radical (unpaired) electrons. The van der Waals surface area contributed by atoms with Crippen molar-refractivity contribution >= 4 is 21.8 Å². The maximum atomic E-state index is 12.2. The maximum absolute atomic E-state index is 12.2. The molecule has 0 spiro atoms. The third-order valence-electron chi connectivity index (χ3n) is 4.18. The molecule has 0 aliphatic rings. The largest absolute Gasteiger partial charge is 0.435 e. The first-order valence-electron chi connectivity index (χ1n) is 9.17. The van der Waals surface area contributed by atoms with Gasteiger partial charge in [-0.05, 0) is 36.8 Å². The Morgan fingerprint density at radius 1 is 1.03 bits per heavy atom. The van der Waals surface area contributed by atoms with Gasteiger partial charge >= 0.3 is 6.61 Å². The number of carbonyl (C=O) groups is 2. The van der Waals surface area contributed by atoms with E-state index in [0.29, 0.717) is 5.56 Å². The van der Waals surface area contributed by atoms with E-state index in [1.54, 1.807) is 24.3 Å². The number of rotatable bonds is 10. The summed E-state index contributed by atoms with van der Waals surface area (Å²) in [5.41, 5.74) is 1.58. The number of hydrogen-bond acceptors (Lipinski definition) is 5. The fourth-order valence-electron chi connectivity index (χ4n) is 2.47. The molecule has 168 valence electrons. The number of amides is 2. The molecule has 0 saturated heterocycles. The minimum atomic E-state index is -3.84. The second-order valence-electron chi connectivity index (χ2n) is 6.69. The Balaban J connectivity index is 1.78. The molecule has 0 saturated carbocycles. The fraction of sp³-hybridized carbons (Fsp3) is 0.300. The standard InChI is InChI=1S/C20H23F2N3O5S/c1-14-3-9-17(10-4-14)31(28,29)24-11-18(26)23-12-19(27)25(2)13-15-5-7-16(8-6-15)30-20(21)22/h3-10,20,24H,11-13H2,1-2H3,(H,23,26). The number of aryl methyl sites for hydroxylation is 1. The van der Waals surface area contributed by atoms with Crippen molar-refractivity contribution in [2.45, 2.75) is 25.0 Å². The van der Waals surface area contributed by atoms with Crippen molar-refractivity contribution in [3.63, 3.8) is 0 Å². The van der Waals surface area contributed by atoms with Gasteiger partial charge in [0.1, 0.15) is 5.75 Å². The van der Waals surface area contributed by atoms with Crippen molar-refractivity contribution in [3.05, 3.63) is 59.7 Å². The molecule has 0 unspecified atom stereocenters. The highest BCUT2D eigenvalue weighted by Crippen LogP contribution is 2.15. The van der Waals surface area contributed by atoms with Gasteiger partial charge in [-0.25, -0.2) is 13.1 Å². The number of alkyl halides is 2. The number of ether oxygens (including phenoxy) is 1. The minimum absolute atomic E-state index is 0.00748. The molecular formula is C20H23F2N3O5S. The van der Waals surface area contributed by atoms with Crippen molar-refractivity contribution < 1.29 is 31.5 Å². The fourth-order valence-corrected chi connectivity index (χ4v) is 3.45. The summed E-state index contributed by atoms with van der Waals surface area (Å²) >= 11 is 0. The van der Waals surface area contributed by atoms with Gasteiger partial charge in [0.05, 0.1) is 18.0 Å². The molecule has 2 aromatic carbocycles. The number of halogens is 2. The zero-order chi connectivity index (χ0) is 23.0. The molecule has 0 aliphatic heterocycles. The number of sulfonamides is 1. The van der Waals surface area contributed by atoms with E-state index in [4.69, 9.17) is 0 Å². The molecule has 31 heavy (non-hydrogen) atoms. The zero-order valence-corrected chi connectivity index (χ0v) is 17.8. The zero-order valence-electron chi connectivity index (χ0n) is 17.0. The topological polar surface area (TPSA) is 105 Å². The highest BCUT2D eigenvalue weighted by Gasteiger charge is 2.16. The SMILES string of the molecule is Cc1ccc(S(=O)(=O)NCC(=O)NCC(=O)N(C)Cc2ccc(OC(F)F)cc2)cc1. The summed E-state index contributed by atoms with van der Waals surface area (Å²) in [5, 5.41) is 2.35. The van der Waals surface area contributed by atoms with Crippen LogP contribution in [0.2, 0.25) is 0 Å². The van der Waals surface area contributed by atoms with Gasteiger partial charge in [-0.1, -0.05) is 29.8 Å². The average Bonchev–Trinajstić information content (AvgIpc) is 2.72. The minimum Gasteiger partial charge on any atom is -0.435 e. The maximum Gasteiger partial charge on any atom is 0.387 e. The molecule has 2 aromatic rings. The van der Waals surface area contributed by atoms with Crippen LogP contribution in [-0.4, -0.2) is 51.9 Å². The molecule has 0 atom stereocenters. The van der Waals surface area contributed by atoms with Gasteiger partial charge in [0.2, 0.25) is 21.8 Å². The van der Waals surface area contributed by atoms with Crippen LogP contribution in [0.5, 0.6) is 5.75 Å². The molecule has 0 bridgehead atoms. The van der Waals surface area contributed by atoms with E-state index >= 15 is 0 Å². The number of benzene rings is 2. The average molecular weight is 455 g/mol. The van der Waals surface area contributed by atoms with Gasteiger partial charge in [0.25, 0.3) is 0 Å². The summed E-state index contributed by atoms with van der Waals surface area (Å²) in [6.45, 7) is -1.75. The Hall–Kier alpha value is -3.05. The van der Waals surface area contributed by atoms with Crippen LogP contribution >= 0.6 is 0 Å². The summed E-state index contributed by atoms with van der Waals surface area (Å²) in [6, 6.07) is 12.0. The summed E-state index contributed by atoms with van der Waals surface area (Å²) in [4.78, 5) is 25.4. The number of hydrogen-bond donors (Lipinski definition) is 2. The summed E-state index contributed by atoms with van der Waals surface area (Å²) in [5.74, 6) is -1.07. The second-order valence-corrected chi connectivity index (χ2v) is 8.45. The molecule has 0 aromatic heterocycles. The third-order valence-corrected chi connectivity index (χ3v) is 5.60. The van der Waals surface area contributed by atoms with Gasteiger partial charge in [-0.15, -0.1) is 0 Å². The highest BCUT2D eigenvalue weighted by atomic mass is 32.2. The molecule has 2 rings (SSSR count). The quantitative estimate of drug-likeness (QED) is 0.567.